The fraction of sp³-hybridized carbons (Fsp3) is 0.583. The Labute approximate surface area is 119 Å². The van der Waals surface area contributed by atoms with E-state index >= 15 is 0 Å². The minimum atomic E-state index is -0.534. The summed E-state index contributed by atoms with van der Waals surface area (Å²) in [6.45, 7) is 2.17. The molecule has 1 saturated carbocycles. The molecule has 3 N–H and O–H groups in total. The number of carbonyl (C=O) groups is 2. The Morgan fingerprint density at radius 1 is 1.53 bits per heavy atom. The number of nitrogens with two attached hydrogens (primary N) is 1. The maximum absolute atomic E-state index is 12.2. The van der Waals surface area contributed by atoms with Crippen molar-refractivity contribution < 1.29 is 9.59 Å². The summed E-state index contributed by atoms with van der Waals surface area (Å²) < 4.78 is 2.55. The molecule has 7 heteroatoms. The second kappa shape index (κ2) is 4.42. The van der Waals surface area contributed by atoms with Crippen molar-refractivity contribution in [3.8, 4) is 0 Å². The highest BCUT2D eigenvalue weighted by molar-refractivity contribution is 7.73. The van der Waals surface area contributed by atoms with Gasteiger partial charge in [0.25, 0.3) is 5.91 Å². The average molecular weight is 297 g/mol. The van der Waals surface area contributed by atoms with Crippen molar-refractivity contribution in [3.63, 3.8) is 0 Å². The molecular formula is C12H15N3O2S2. The van der Waals surface area contributed by atoms with E-state index in [4.69, 9.17) is 18.0 Å². The lowest BCUT2D eigenvalue weighted by molar-refractivity contribution is -0.123. The van der Waals surface area contributed by atoms with Crippen LogP contribution in [0.25, 0.3) is 0 Å². The predicted molar refractivity (Wildman–Crippen MR) is 75.8 cm³/mol. The first-order chi connectivity index (χ1) is 8.99. The fourth-order valence-corrected chi connectivity index (χ4v) is 4.46. The van der Waals surface area contributed by atoms with Gasteiger partial charge in [0, 0.05) is 6.04 Å². The van der Waals surface area contributed by atoms with E-state index in [1.807, 2.05) is 4.57 Å². The molecule has 2 amide bonds. The average Bonchev–Trinajstić information content (AvgIpc) is 2.67. The molecule has 102 valence electrons. The molecule has 1 aromatic heterocycles. The van der Waals surface area contributed by atoms with Crippen LogP contribution >= 0.6 is 23.6 Å². The molecule has 19 heavy (non-hydrogen) atoms. The Morgan fingerprint density at radius 3 is 2.95 bits per heavy atom. The van der Waals surface area contributed by atoms with Gasteiger partial charge in [0.1, 0.15) is 10.7 Å². The molecule has 3 atom stereocenters. The van der Waals surface area contributed by atoms with Crippen LogP contribution in [-0.4, -0.2) is 16.4 Å². The van der Waals surface area contributed by atoms with E-state index in [1.165, 1.54) is 11.3 Å². The maximum atomic E-state index is 12.2. The lowest BCUT2D eigenvalue weighted by atomic mass is 9.77. The number of nitrogens with zero attached hydrogens (tertiary/aromatic N) is 1. The summed E-state index contributed by atoms with van der Waals surface area (Å²) >= 11 is 6.52. The first-order valence-corrected chi connectivity index (χ1v) is 7.57. The van der Waals surface area contributed by atoms with Crippen molar-refractivity contribution in [2.24, 2.45) is 17.6 Å². The molecule has 3 rings (SSSR count). The molecule has 0 radical (unpaired) electrons. The molecule has 5 nitrogen and oxygen atoms in total. The van der Waals surface area contributed by atoms with Crippen LogP contribution in [0.3, 0.4) is 0 Å². The Balaban J connectivity index is 2.12. The zero-order chi connectivity index (χ0) is 13.7. The highest BCUT2D eigenvalue weighted by Gasteiger charge is 2.41. The third kappa shape index (κ3) is 1.92. The van der Waals surface area contributed by atoms with Gasteiger partial charge in [-0.1, -0.05) is 18.3 Å². The van der Waals surface area contributed by atoms with E-state index in [9.17, 15) is 9.59 Å². The number of hydrogen-bond acceptors (Lipinski definition) is 4. The van der Waals surface area contributed by atoms with Crippen LogP contribution in [0.2, 0.25) is 0 Å². The summed E-state index contributed by atoms with van der Waals surface area (Å²) in [4.78, 5) is 24.0. The molecule has 3 unspecified atom stereocenters. The van der Waals surface area contributed by atoms with Gasteiger partial charge in [-0.05, 0) is 37.4 Å². The summed E-state index contributed by atoms with van der Waals surface area (Å²) in [7, 11) is 0. The number of aromatic nitrogens is 1. The number of primary amides is 1. The number of nitrogens with one attached hydrogen (secondary N) is 1. The van der Waals surface area contributed by atoms with Gasteiger partial charge in [-0.2, -0.15) is 0 Å². The summed E-state index contributed by atoms with van der Waals surface area (Å²) in [5.41, 5.74) is 5.35. The Bertz CT molecular complexity index is 619. The molecule has 1 fully saturated rings. The molecule has 2 heterocycles. The summed E-state index contributed by atoms with van der Waals surface area (Å²) in [5.74, 6) is 0.471. The highest BCUT2D eigenvalue weighted by Crippen LogP contribution is 2.44. The highest BCUT2D eigenvalue weighted by atomic mass is 32.1. The standard InChI is InChI=1S/C12H15N3O2S2/c1-5-2-3-7-6(4-5)11(17)14-10-8(9(13)16)19-12(18)15(7)10/h5-7H,2-4H2,1H3,(H2,13,16)(H,14,17). The van der Waals surface area contributed by atoms with Crippen molar-refractivity contribution in [2.45, 2.75) is 32.2 Å². The van der Waals surface area contributed by atoms with Crippen molar-refractivity contribution in [1.82, 2.24) is 4.57 Å². The summed E-state index contributed by atoms with van der Waals surface area (Å²) in [5, 5.41) is 2.82. The third-order valence-corrected chi connectivity index (χ3v) is 5.47. The van der Waals surface area contributed by atoms with Crippen LogP contribution < -0.4 is 11.1 Å². The van der Waals surface area contributed by atoms with Gasteiger partial charge in [0.2, 0.25) is 5.91 Å². The van der Waals surface area contributed by atoms with E-state index in [2.05, 4.69) is 12.2 Å². The van der Waals surface area contributed by atoms with Crippen LogP contribution in [0, 0.1) is 15.8 Å². The van der Waals surface area contributed by atoms with Crippen molar-refractivity contribution in [3.05, 3.63) is 8.83 Å². The zero-order valence-electron chi connectivity index (χ0n) is 10.5. The molecular weight excluding hydrogens is 282 g/mol. The third-order valence-electron chi connectivity index (χ3n) is 4.05. The normalized spacial score (nSPS) is 29.3. The van der Waals surface area contributed by atoms with Crippen LogP contribution in [0.15, 0.2) is 0 Å². The molecule has 1 aliphatic carbocycles. The fourth-order valence-electron chi connectivity index (χ4n) is 3.14. The Morgan fingerprint density at radius 2 is 2.26 bits per heavy atom. The number of carbonyl (C=O) groups excluding carboxylic acids is 2. The van der Waals surface area contributed by atoms with Gasteiger partial charge in [0.15, 0.2) is 3.95 Å². The molecule has 1 aromatic rings. The van der Waals surface area contributed by atoms with E-state index in [-0.39, 0.29) is 17.9 Å². The monoisotopic (exact) mass is 297 g/mol. The Hall–Kier alpha value is -1.21. The minimum Gasteiger partial charge on any atom is -0.365 e. The number of rotatable bonds is 1. The second-order valence-electron chi connectivity index (χ2n) is 5.36. The molecule has 2 aliphatic rings. The molecule has 0 spiro atoms. The van der Waals surface area contributed by atoms with Gasteiger partial charge in [-0.15, -0.1) is 0 Å². The lowest BCUT2D eigenvalue weighted by Gasteiger charge is -2.38. The van der Waals surface area contributed by atoms with Crippen LogP contribution in [-0.2, 0) is 4.79 Å². The SMILES string of the molecule is CC1CCC2C(C1)C(=O)Nc1c(C(N)=O)sc(=S)n12. The first-order valence-electron chi connectivity index (χ1n) is 6.35. The van der Waals surface area contributed by atoms with Gasteiger partial charge >= 0.3 is 0 Å². The van der Waals surface area contributed by atoms with E-state index in [1.54, 1.807) is 0 Å². The van der Waals surface area contributed by atoms with E-state index in [0.29, 0.717) is 20.6 Å². The van der Waals surface area contributed by atoms with Crippen LogP contribution in [0.4, 0.5) is 5.82 Å². The molecule has 0 saturated heterocycles. The van der Waals surface area contributed by atoms with Gasteiger partial charge in [0.05, 0.1) is 5.92 Å². The van der Waals surface area contributed by atoms with Gasteiger partial charge in [-0.25, -0.2) is 0 Å². The summed E-state index contributed by atoms with van der Waals surface area (Å²) in [6.07, 6.45) is 2.88. The van der Waals surface area contributed by atoms with Crippen LogP contribution in [0.1, 0.15) is 41.9 Å². The summed E-state index contributed by atoms with van der Waals surface area (Å²) in [6, 6.07) is 0.0804. The second-order valence-corrected chi connectivity index (χ2v) is 7.01. The number of anilines is 1. The maximum Gasteiger partial charge on any atom is 0.262 e. The van der Waals surface area contributed by atoms with E-state index in [0.717, 1.165) is 19.3 Å². The van der Waals surface area contributed by atoms with E-state index < -0.39 is 5.91 Å². The van der Waals surface area contributed by atoms with Crippen molar-refractivity contribution in [1.29, 1.82) is 0 Å². The largest absolute Gasteiger partial charge is 0.365 e. The molecule has 0 bridgehead atoms. The zero-order valence-corrected chi connectivity index (χ0v) is 12.1. The van der Waals surface area contributed by atoms with Gasteiger partial charge < -0.3 is 15.6 Å². The van der Waals surface area contributed by atoms with Crippen molar-refractivity contribution >= 4 is 41.2 Å². The lowest BCUT2D eigenvalue weighted by Crippen LogP contribution is -2.41. The van der Waals surface area contributed by atoms with Crippen LogP contribution in [0.5, 0.6) is 0 Å². The predicted octanol–water partition coefficient (Wildman–Crippen LogP) is 2.31. The smallest absolute Gasteiger partial charge is 0.262 e. The number of thiazole rings is 1. The number of amides is 2. The minimum absolute atomic E-state index is 0.00755. The quantitative estimate of drug-likeness (QED) is 0.781. The first kappa shape index (κ1) is 12.8. The van der Waals surface area contributed by atoms with Crippen molar-refractivity contribution in [2.75, 3.05) is 5.32 Å². The molecule has 0 aromatic carbocycles. The van der Waals surface area contributed by atoms with Gasteiger partial charge in [-0.3, -0.25) is 9.59 Å². The topological polar surface area (TPSA) is 77.1 Å². The molecule has 1 aliphatic heterocycles. The Kier molecular flexibility index (Phi) is 2.98. The number of fused-ring (bicyclic) bond motifs is 3. The number of hydrogen-bond donors (Lipinski definition) is 2.